The standard InChI is InChI=1S/C14H26ClN3O2/c1-4-11-13(15)12(18(5-2)17-11)9-14(19,10-20-3)7-6-8-16/h19H,4-10,16H2,1-3H3. The summed E-state index contributed by atoms with van der Waals surface area (Å²) in [4.78, 5) is 0. The van der Waals surface area contributed by atoms with Crippen molar-refractivity contribution in [2.45, 2.75) is 51.7 Å². The van der Waals surface area contributed by atoms with Gasteiger partial charge in [0.25, 0.3) is 0 Å². The minimum absolute atomic E-state index is 0.264. The fourth-order valence-electron chi connectivity index (χ4n) is 2.41. The molecule has 3 N–H and O–H groups in total. The highest BCUT2D eigenvalue weighted by molar-refractivity contribution is 6.31. The lowest BCUT2D eigenvalue weighted by atomic mass is 9.92. The van der Waals surface area contributed by atoms with Crippen LogP contribution in [0, 0.1) is 0 Å². The predicted octanol–water partition coefficient (Wildman–Crippen LogP) is 1.78. The third-order valence-electron chi connectivity index (χ3n) is 3.45. The molecule has 5 nitrogen and oxygen atoms in total. The number of ether oxygens (including phenoxy) is 1. The molecule has 1 rings (SSSR count). The third-order valence-corrected chi connectivity index (χ3v) is 3.89. The molecule has 0 bridgehead atoms. The molecule has 0 radical (unpaired) electrons. The van der Waals surface area contributed by atoms with Crippen LogP contribution in [0.3, 0.4) is 0 Å². The Morgan fingerprint density at radius 2 is 2.15 bits per heavy atom. The molecule has 1 unspecified atom stereocenters. The zero-order valence-electron chi connectivity index (χ0n) is 12.7. The van der Waals surface area contributed by atoms with Gasteiger partial charge in [0.2, 0.25) is 0 Å². The highest BCUT2D eigenvalue weighted by Crippen LogP contribution is 2.27. The maximum Gasteiger partial charge on any atom is 0.0936 e. The van der Waals surface area contributed by atoms with E-state index in [-0.39, 0.29) is 6.61 Å². The smallest absolute Gasteiger partial charge is 0.0936 e. The second kappa shape index (κ2) is 7.98. The van der Waals surface area contributed by atoms with Crippen molar-refractivity contribution in [3.63, 3.8) is 0 Å². The molecule has 0 spiro atoms. The molecular formula is C14H26ClN3O2. The van der Waals surface area contributed by atoms with Crippen molar-refractivity contribution in [3.05, 3.63) is 16.4 Å². The van der Waals surface area contributed by atoms with Crippen molar-refractivity contribution >= 4 is 11.6 Å². The summed E-state index contributed by atoms with van der Waals surface area (Å²) in [6.07, 6.45) is 2.55. The van der Waals surface area contributed by atoms with Gasteiger partial charge in [-0.2, -0.15) is 5.10 Å². The Balaban J connectivity index is 3.00. The van der Waals surface area contributed by atoms with Gasteiger partial charge >= 0.3 is 0 Å². The topological polar surface area (TPSA) is 73.3 Å². The first-order chi connectivity index (χ1) is 9.51. The van der Waals surface area contributed by atoms with E-state index in [4.69, 9.17) is 22.1 Å². The average molecular weight is 304 g/mol. The minimum atomic E-state index is -0.949. The number of hydrogen-bond acceptors (Lipinski definition) is 4. The Morgan fingerprint density at radius 3 is 2.65 bits per heavy atom. The fourth-order valence-corrected chi connectivity index (χ4v) is 2.75. The van der Waals surface area contributed by atoms with Gasteiger partial charge < -0.3 is 15.6 Å². The van der Waals surface area contributed by atoms with Gasteiger partial charge in [-0.25, -0.2) is 0 Å². The quantitative estimate of drug-likeness (QED) is 0.729. The van der Waals surface area contributed by atoms with E-state index in [1.54, 1.807) is 7.11 Å². The van der Waals surface area contributed by atoms with Gasteiger partial charge in [0.1, 0.15) is 0 Å². The molecule has 0 aliphatic rings. The monoisotopic (exact) mass is 303 g/mol. The molecule has 1 aromatic heterocycles. The lowest BCUT2D eigenvalue weighted by Gasteiger charge is -2.27. The van der Waals surface area contributed by atoms with Crippen molar-refractivity contribution in [1.29, 1.82) is 0 Å². The molecule has 0 aliphatic carbocycles. The van der Waals surface area contributed by atoms with Crippen LogP contribution >= 0.6 is 11.6 Å². The average Bonchev–Trinajstić information content (AvgIpc) is 2.73. The van der Waals surface area contributed by atoms with E-state index in [0.29, 0.717) is 24.4 Å². The number of aliphatic hydroxyl groups is 1. The second-order valence-electron chi connectivity index (χ2n) is 5.10. The number of rotatable bonds is 9. The summed E-state index contributed by atoms with van der Waals surface area (Å²) < 4.78 is 7.02. The molecule has 0 aromatic carbocycles. The summed E-state index contributed by atoms with van der Waals surface area (Å²) in [5.74, 6) is 0. The second-order valence-corrected chi connectivity index (χ2v) is 5.48. The van der Waals surface area contributed by atoms with E-state index in [1.165, 1.54) is 0 Å². The van der Waals surface area contributed by atoms with E-state index >= 15 is 0 Å². The summed E-state index contributed by atoms with van der Waals surface area (Å²) in [7, 11) is 1.59. The first-order valence-electron chi connectivity index (χ1n) is 7.16. The maximum atomic E-state index is 10.7. The molecule has 1 atom stereocenters. The summed E-state index contributed by atoms with van der Waals surface area (Å²) in [5, 5.41) is 15.9. The lowest BCUT2D eigenvalue weighted by molar-refractivity contribution is -0.0387. The van der Waals surface area contributed by atoms with E-state index in [2.05, 4.69) is 5.10 Å². The molecule has 0 fully saturated rings. The van der Waals surface area contributed by atoms with Gasteiger partial charge in [-0.05, 0) is 32.7 Å². The number of nitrogens with two attached hydrogens (primary N) is 1. The van der Waals surface area contributed by atoms with Crippen LogP contribution in [0.25, 0.3) is 0 Å². The number of nitrogens with zero attached hydrogens (tertiary/aromatic N) is 2. The zero-order chi connectivity index (χ0) is 15.2. The Labute approximate surface area is 126 Å². The number of hydrogen-bond donors (Lipinski definition) is 2. The van der Waals surface area contributed by atoms with Crippen LogP contribution in [-0.2, 0) is 24.1 Å². The summed E-state index contributed by atoms with van der Waals surface area (Å²) in [5.41, 5.74) is 6.35. The van der Waals surface area contributed by atoms with Crippen molar-refractivity contribution in [1.82, 2.24) is 9.78 Å². The first-order valence-corrected chi connectivity index (χ1v) is 7.54. The molecular weight excluding hydrogens is 278 g/mol. The Bertz CT molecular complexity index is 423. The Hall–Kier alpha value is -0.620. The van der Waals surface area contributed by atoms with Gasteiger partial charge in [0.05, 0.1) is 28.6 Å². The van der Waals surface area contributed by atoms with Crippen LogP contribution in [0.4, 0.5) is 0 Å². The largest absolute Gasteiger partial charge is 0.387 e. The van der Waals surface area contributed by atoms with Crippen molar-refractivity contribution in [2.75, 3.05) is 20.3 Å². The number of halogens is 1. The molecule has 20 heavy (non-hydrogen) atoms. The van der Waals surface area contributed by atoms with Gasteiger partial charge in [-0.1, -0.05) is 18.5 Å². The van der Waals surface area contributed by atoms with Gasteiger partial charge in [0, 0.05) is 20.1 Å². The number of methoxy groups -OCH3 is 1. The van der Waals surface area contributed by atoms with Gasteiger partial charge in [-0.3, -0.25) is 4.68 Å². The molecule has 116 valence electrons. The van der Waals surface area contributed by atoms with Crippen LogP contribution < -0.4 is 5.73 Å². The number of aromatic nitrogens is 2. The molecule has 6 heteroatoms. The van der Waals surface area contributed by atoms with Crippen molar-refractivity contribution < 1.29 is 9.84 Å². The molecule has 1 aromatic rings. The van der Waals surface area contributed by atoms with Crippen LogP contribution in [0.1, 0.15) is 38.1 Å². The molecule has 0 saturated heterocycles. The lowest BCUT2D eigenvalue weighted by Crippen LogP contribution is -2.38. The van der Waals surface area contributed by atoms with Gasteiger partial charge in [-0.15, -0.1) is 0 Å². The van der Waals surface area contributed by atoms with E-state index < -0.39 is 5.60 Å². The highest BCUT2D eigenvalue weighted by Gasteiger charge is 2.30. The van der Waals surface area contributed by atoms with Crippen LogP contribution in [-0.4, -0.2) is 40.7 Å². The van der Waals surface area contributed by atoms with E-state index in [1.807, 2.05) is 18.5 Å². The van der Waals surface area contributed by atoms with E-state index in [9.17, 15) is 5.11 Å². The van der Waals surface area contributed by atoms with Gasteiger partial charge in [0.15, 0.2) is 0 Å². The minimum Gasteiger partial charge on any atom is -0.387 e. The summed E-state index contributed by atoms with van der Waals surface area (Å²) in [6.45, 7) is 5.58. The van der Waals surface area contributed by atoms with Crippen LogP contribution in [0.15, 0.2) is 0 Å². The maximum absolute atomic E-state index is 10.7. The first kappa shape index (κ1) is 17.4. The fraction of sp³-hybridized carbons (Fsp3) is 0.786. The predicted molar refractivity (Wildman–Crippen MR) is 81.1 cm³/mol. The van der Waals surface area contributed by atoms with E-state index in [0.717, 1.165) is 30.8 Å². The SMILES string of the molecule is CCc1nn(CC)c(CC(O)(CCCN)COC)c1Cl. The molecule has 1 heterocycles. The number of aryl methyl sites for hydroxylation is 2. The summed E-state index contributed by atoms with van der Waals surface area (Å²) >= 11 is 6.39. The highest BCUT2D eigenvalue weighted by atomic mass is 35.5. The van der Waals surface area contributed by atoms with Crippen LogP contribution in [0.2, 0.25) is 5.02 Å². The van der Waals surface area contributed by atoms with Crippen molar-refractivity contribution in [2.24, 2.45) is 5.73 Å². The zero-order valence-corrected chi connectivity index (χ0v) is 13.4. The third kappa shape index (κ3) is 4.19. The molecule has 0 saturated carbocycles. The summed E-state index contributed by atoms with van der Waals surface area (Å²) in [6, 6.07) is 0. The molecule has 0 amide bonds. The van der Waals surface area contributed by atoms with Crippen molar-refractivity contribution in [3.8, 4) is 0 Å². The normalized spacial score (nSPS) is 14.5. The Kier molecular flexibility index (Phi) is 6.95. The Morgan fingerprint density at radius 1 is 1.45 bits per heavy atom. The molecule has 0 aliphatic heterocycles. The van der Waals surface area contributed by atoms with Crippen LogP contribution in [0.5, 0.6) is 0 Å².